The maximum absolute atomic E-state index is 13.3. The van der Waals surface area contributed by atoms with Crippen LogP contribution in [0.4, 0.5) is 4.39 Å². The summed E-state index contributed by atoms with van der Waals surface area (Å²) in [5.74, 6) is 0.535. The molecule has 1 atom stereocenters. The fourth-order valence-corrected chi connectivity index (χ4v) is 3.31. The summed E-state index contributed by atoms with van der Waals surface area (Å²) in [6.07, 6.45) is 7.47. The van der Waals surface area contributed by atoms with Crippen molar-refractivity contribution in [1.82, 2.24) is 19.8 Å². The number of nitrogens with zero attached hydrogens (tertiary/aromatic N) is 4. The Kier molecular flexibility index (Phi) is 5.88. The second kappa shape index (κ2) is 8.31. The van der Waals surface area contributed by atoms with Crippen molar-refractivity contribution in [3.63, 3.8) is 0 Å². The summed E-state index contributed by atoms with van der Waals surface area (Å²) < 4.78 is 13.3. The number of rotatable bonds is 6. The smallest absolute Gasteiger partial charge is 0.149 e. The van der Waals surface area contributed by atoms with Crippen LogP contribution in [0.2, 0.25) is 0 Å². The number of likely N-dealkylation sites (tertiary alicyclic amines) is 1. The van der Waals surface area contributed by atoms with Crippen LogP contribution in [0.25, 0.3) is 0 Å². The first-order valence-electron chi connectivity index (χ1n) is 8.69. The second-order valence-electron chi connectivity index (χ2n) is 6.44. The first-order chi connectivity index (χ1) is 11.7. The maximum atomic E-state index is 13.3. The van der Waals surface area contributed by atoms with E-state index in [2.05, 4.69) is 26.8 Å². The van der Waals surface area contributed by atoms with Crippen LogP contribution in [0.3, 0.4) is 0 Å². The van der Waals surface area contributed by atoms with Crippen LogP contribution in [0.15, 0.2) is 42.7 Å². The Hall–Kier alpha value is -1.85. The molecule has 2 heterocycles. The molecular formula is C19H25FN4. The molecule has 0 amide bonds. The number of aromatic nitrogens is 2. The number of piperidine rings is 1. The van der Waals surface area contributed by atoms with E-state index in [0.717, 1.165) is 24.5 Å². The van der Waals surface area contributed by atoms with Crippen molar-refractivity contribution in [2.45, 2.75) is 25.3 Å². The summed E-state index contributed by atoms with van der Waals surface area (Å²) in [5.41, 5.74) is 1.02. The molecule has 0 aliphatic carbocycles. The molecule has 0 saturated carbocycles. The summed E-state index contributed by atoms with van der Waals surface area (Å²) >= 11 is 0. The fraction of sp³-hybridized carbons (Fsp3) is 0.474. The zero-order valence-electron chi connectivity index (χ0n) is 14.2. The van der Waals surface area contributed by atoms with Gasteiger partial charge in [0.25, 0.3) is 0 Å². The summed E-state index contributed by atoms with van der Waals surface area (Å²) in [5, 5.41) is 0. The quantitative estimate of drug-likeness (QED) is 0.815. The minimum atomic E-state index is -0.220. The third-order valence-electron chi connectivity index (χ3n) is 4.67. The van der Waals surface area contributed by atoms with Crippen molar-refractivity contribution < 1.29 is 4.39 Å². The molecule has 0 N–H and O–H groups in total. The molecule has 2 aromatic rings. The van der Waals surface area contributed by atoms with E-state index in [4.69, 9.17) is 0 Å². The van der Waals surface area contributed by atoms with Crippen molar-refractivity contribution in [3.05, 3.63) is 59.9 Å². The van der Waals surface area contributed by atoms with Gasteiger partial charge < -0.3 is 4.90 Å². The van der Waals surface area contributed by atoms with E-state index >= 15 is 0 Å². The van der Waals surface area contributed by atoms with Crippen molar-refractivity contribution >= 4 is 0 Å². The molecule has 0 bridgehead atoms. The SMILES string of the molecule is CN(CCN1CCCCC1)C(c1ccc(F)cc1)c1ncccn1. The van der Waals surface area contributed by atoms with Crippen LogP contribution >= 0.6 is 0 Å². The van der Waals surface area contributed by atoms with E-state index in [1.807, 2.05) is 18.2 Å². The number of hydrogen-bond acceptors (Lipinski definition) is 4. The summed E-state index contributed by atoms with van der Waals surface area (Å²) in [4.78, 5) is 13.6. The Bertz CT molecular complexity index is 611. The van der Waals surface area contributed by atoms with Crippen LogP contribution < -0.4 is 0 Å². The molecule has 1 aromatic heterocycles. The average Bonchev–Trinajstić information content (AvgIpc) is 2.64. The van der Waals surface area contributed by atoms with Gasteiger partial charge >= 0.3 is 0 Å². The predicted molar refractivity (Wildman–Crippen MR) is 93.2 cm³/mol. The molecule has 1 aliphatic heterocycles. The number of benzene rings is 1. The van der Waals surface area contributed by atoms with Gasteiger partial charge in [-0.25, -0.2) is 14.4 Å². The highest BCUT2D eigenvalue weighted by atomic mass is 19.1. The van der Waals surface area contributed by atoms with Gasteiger partial charge in [0, 0.05) is 25.5 Å². The molecule has 1 fully saturated rings. The zero-order valence-corrected chi connectivity index (χ0v) is 14.2. The first-order valence-corrected chi connectivity index (χ1v) is 8.69. The molecule has 0 spiro atoms. The summed E-state index contributed by atoms with van der Waals surface area (Å²) in [7, 11) is 2.09. The van der Waals surface area contributed by atoms with Crippen LogP contribution in [-0.2, 0) is 0 Å². The molecular weight excluding hydrogens is 303 g/mol. The van der Waals surface area contributed by atoms with Gasteiger partial charge in [-0.15, -0.1) is 0 Å². The van der Waals surface area contributed by atoms with Crippen molar-refractivity contribution in [2.24, 2.45) is 0 Å². The van der Waals surface area contributed by atoms with Crippen molar-refractivity contribution in [2.75, 3.05) is 33.2 Å². The van der Waals surface area contributed by atoms with Gasteiger partial charge in [0.1, 0.15) is 11.6 Å². The van der Waals surface area contributed by atoms with Gasteiger partial charge in [0.2, 0.25) is 0 Å². The van der Waals surface area contributed by atoms with Gasteiger partial charge in [-0.05, 0) is 56.7 Å². The molecule has 5 heteroatoms. The number of likely N-dealkylation sites (N-methyl/N-ethyl adjacent to an activating group) is 1. The molecule has 1 unspecified atom stereocenters. The monoisotopic (exact) mass is 328 g/mol. The lowest BCUT2D eigenvalue weighted by atomic mass is 10.0. The summed E-state index contributed by atoms with van der Waals surface area (Å²) in [6, 6.07) is 8.42. The van der Waals surface area contributed by atoms with E-state index in [1.165, 1.54) is 44.5 Å². The van der Waals surface area contributed by atoms with Crippen LogP contribution in [-0.4, -0.2) is 53.0 Å². The Morgan fingerprint density at radius 2 is 1.75 bits per heavy atom. The molecule has 128 valence electrons. The minimum absolute atomic E-state index is 0.0587. The van der Waals surface area contributed by atoms with Crippen molar-refractivity contribution in [3.8, 4) is 0 Å². The van der Waals surface area contributed by atoms with Crippen molar-refractivity contribution in [1.29, 1.82) is 0 Å². The highest BCUT2D eigenvalue weighted by molar-refractivity contribution is 5.25. The van der Waals surface area contributed by atoms with Crippen LogP contribution in [0, 0.1) is 5.82 Å². The molecule has 0 radical (unpaired) electrons. The van der Waals surface area contributed by atoms with E-state index in [9.17, 15) is 4.39 Å². The van der Waals surface area contributed by atoms with Gasteiger partial charge in [-0.2, -0.15) is 0 Å². The molecule has 3 rings (SSSR count). The molecule has 1 aliphatic rings. The molecule has 1 aromatic carbocycles. The largest absolute Gasteiger partial charge is 0.302 e. The topological polar surface area (TPSA) is 32.3 Å². The van der Waals surface area contributed by atoms with E-state index in [1.54, 1.807) is 12.4 Å². The van der Waals surface area contributed by atoms with E-state index in [0.29, 0.717) is 0 Å². The minimum Gasteiger partial charge on any atom is -0.302 e. The lowest BCUT2D eigenvalue weighted by Gasteiger charge is -2.32. The van der Waals surface area contributed by atoms with Crippen LogP contribution in [0.5, 0.6) is 0 Å². The van der Waals surface area contributed by atoms with Gasteiger partial charge in [0.15, 0.2) is 0 Å². The average molecular weight is 328 g/mol. The maximum Gasteiger partial charge on any atom is 0.149 e. The highest BCUT2D eigenvalue weighted by Crippen LogP contribution is 2.25. The lowest BCUT2D eigenvalue weighted by molar-refractivity contribution is 0.179. The van der Waals surface area contributed by atoms with E-state index in [-0.39, 0.29) is 11.9 Å². The van der Waals surface area contributed by atoms with Gasteiger partial charge in [0.05, 0.1) is 6.04 Å². The van der Waals surface area contributed by atoms with Gasteiger partial charge in [-0.3, -0.25) is 4.90 Å². The second-order valence-corrected chi connectivity index (χ2v) is 6.44. The number of halogens is 1. The first kappa shape index (κ1) is 17.0. The zero-order chi connectivity index (χ0) is 16.8. The third-order valence-corrected chi connectivity index (χ3v) is 4.67. The Morgan fingerprint density at radius 1 is 1.08 bits per heavy atom. The van der Waals surface area contributed by atoms with Gasteiger partial charge in [-0.1, -0.05) is 18.6 Å². The fourth-order valence-electron chi connectivity index (χ4n) is 3.31. The standard InChI is InChI=1S/C19H25FN4/c1-23(14-15-24-12-3-2-4-13-24)18(19-21-10-5-11-22-19)16-6-8-17(20)9-7-16/h5-11,18H,2-4,12-15H2,1H3. The number of hydrogen-bond donors (Lipinski definition) is 0. The predicted octanol–water partition coefficient (Wildman–Crippen LogP) is 3.12. The molecule has 24 heavy (non-hydrogen) atoms. The third kappa shape index (κ3) is 4.36. The molecule has 1 saturated heterocycles. The Balaban J connectivity index is 1.74. The Labute approximate surface area is 143 Å². The van der Waals surface area contributed by atoms with Crippen LogP contribution in [0.1, 0.15) is 36.7 Å². The Morgan fingerprint density at radius 3 is 2.42 bits per heavy atom. The van der Waals surface area contributed by atoms with E-state index < -0.39 is 0 Å². The lowest BCUT2D eigenvalue weighted by Crippen LogP contribution is -2.38. The molecule has 4 nitrogen and oxygen atoms in total. The normalized spacial score (nSPS) is 17.1. The summed E-state index contributed by atoms with van der Waals surface area (Å²) in [6.45, 7) is 4.36. The highest BCUT2D eigenvalue weighted by Gasteiger charge is 2.22.